The summed E-state index contributed by atoms with van der Waals surface area (Å²) in [6.45, 7) is 5.19. The first-order chi connectivity index (χ1) is 19.3. The van der Waals surface area contributed by atoms with E-state index in [2.05, 4.69) is 27.2 Å². The molecule has 0 bridgehead atoms. The molecule has 206 valence electrons. The van der Waals surface area contributed by atoms with Gasteiger partial charge in [-0.3, -0.25) is 14.6 Å². The van der Waals surface area contributed by atoms with Crippen molar-refractivity contribution >= 4 is 34.6 Å². The van der Waals surface area contributed by atoms with E-state index >= 15 is 0 Å². The molecule has 0 unspecified atom stereocenters. The molecule has 1 saturated heterocycles. The van der Waals surface area contributed by atoms with E-state index in [9.17, 15) is 9.59 Å². The third-order valence-electron chi connectivity index (χ3n) is 7.02. The van der Waals surface area contributed by atoms with Crippen molar-refractivity contribution in [2.75, 3.05) is 26.2 Å². The maximum atomic E-state index is 12.5. The maximum absolute atomic E-state index is 12.5. The first-order valence-corrected chi connectivity index (χ1v) is 13.4. The fraction of sp³-hybridized carbons (Fsp3) is 0.357. The molecule has 4 heterocycles. The molecule has 0 spiro atoms. The lowest BCUT2D eigenvalue weighted by Crippen LogP contribution is -2.51. The van der Waals surface area contributed by atoms with Crippen LogP contribution in [0.1, 0.15) is 31.0 Å². The normalized spacial score (nSPS) is 16.1. The van der Waals surface area contributed by atoms with Gasteiger partial charge < -0.3 is 24.3 Å². The van der Waals surface area contributed by atoms with Gasteiger partial charge in [0.05, 0.1) is 23.8 Å². The highest BCUT2D eigenvalue weighted by Crippen LogP contribution is 2.41. The van der Waals surface area contributed by atoms with Gasteiger partial charge in [0, 0.05) is 24.8 Å². The summed E-state index contributed by atoms with van der Waals surface area (Å²) in [5, 5.41) is 3.09. The lowest BCUT2D eigenvalue weighted by Gasteiger charge is -2.26. The van der Waals surface area contributed by atoms with E-state index < -0.39 is 0 Å². The highest BCUT2D eigenvalue weighted by Gasteiger charge is 2.41. The number of carbonyl (C=O) groups excluding carboxylic acids is 2. The number of pyridine rings is 1. The molecule has 0 atom stereocenters. The van der Waals surface area contributed by atoms with Gasteiger partial charge >= 0.3 is 0 Å². The average molecular weight is 562 g/mol. The molecule has 1 saturated carbocycles. The van der Waals surface area contributed by atoms with Gasteiger partial charge in [-0.05, 0) is 62.6 Å². The number of hydrogen-bond acceptors (Lipinski definition) is 8. The number of ether oxygens (including phenoxy) is 2. The fourth-order valence-electron chi connectivity index (χ4n) is 4.56. The van der Waals surface area contributed by atoms with Crippen LogP contribution in [-0.2, 0) is 16.1 Å². The molecule has 11 nitrogen and oxygen atoms in total. The number of nitrogens with one attached hydrogen (secondary N) is 1. The number of rotatable bonds is 8. The third-order valence-corrected chi connectivity index (χ3v) is 7.34. The quantitative estimate of drug-likeness (QED) is 0.348. The van der Waals surface area contributed by atoms with Gasteiger partial charge in [-0.2, -0.15) is 4.98 Å². The molecule has 4 aromatic rings. The van der Waals surface area contributed by atoms with Crippen molar-refractivity contribution in [2.24, 2.45) is 0 Å². The molecule has 40 heavy (non-hydrogen) atoms. The zero-order valence-corrected chi connectivity index (χ0v) is 22.9. The van der Waals surface area contributed by atoms with Crippen LogP contribution in [0.5, 0.6) is 11.6 Å². The molecule has 0 radical (unpaired) electrons. The van der Waals surface area contributed by atoms with Crippen LogP contribution >= 0.6 is 11.6 Å². The van der Waals surface area contributed by atoms with Crippen molar-refractivity contribution in [1.82, 2.24) is 34.7 Å². The SMILES string of the molecule is Cc1ccnc(Cn2c(-c3ccc(OCC(=O)N4CCNC(=O)C4)cc3Cl)nc3c(OC4(C)CC4)ncnc32)c1. The van der Waals surface area contributed by atoms with E-state index in [1.54, 1.807) is 24.4 Å². The van der Waals surface area contributed by atoms with E-state index in [-0.39, 0.29) is 30.6 Å². The van der Waals surface area contributed by atoms with E-state index in [1.165, 1.54) is 11.2 Å². The van der Waals surface area contributed by atoms with Crippen LogP contribution in [-0.4, -0.2) is 73.1 Å². The van der Waals surface area contributed by atoms with Crippen LogP contribution in [0.4, 0.5) is 0 Å². The van der Waals surface area contributed by atoms with E-state index in [1.807, 2.05) is 23.6 Å². The van der Waals surface area contributed by atoms with Crippen LogP contribution in [0.15, 0.2) is 42.9 Å². The van der Waals surface area contributed by atoms with Crippen molar-refractivity contribution in [3.05, 3.63) is 59.1 Å². The summed E-state index contributed by atoms with van der Waals surface area (Å²) < 4.78 is 13.9. The average Bonchev–Trinajstić information content (AvgIpc) is 3.55. The molecule has 2 fully saturated rings. The molecule has 1 aliphatic carbocycles. The summed E-state index contributed by atoms with van der Waals surface area (Å²) in [7, 11) is 0. The smallest absolute Gasteiger partial charge is 0.261 e. The van der Waals surface area contributed by atoms with Gasteiger partial charge in [0.1, 0.15) is 23.5 Å². The summed E-state index contributed by atoms with van der Waals surface area (Å²) in [5.41, 5.74) is 3.51. The van der Waals surface area contributed by atoms with Crippen LogP contribution in [0.25, 0.3) is 22.6 Å². The molecular weight excluding hydrogens is 534 g/mol. The van der Waals surface area contributed by atoms with Crippen LogP contribution in [0.2, 0.25) is 5.02 Å². The molecule has 12 heteroatoms. The second kappa shape index (κ2) is 10.4. The predicted molar refractivity (Wildman–Crippen MR) is 147 cm³/mol. The van der Waals surface area contributed by atoms with Crippen molar-refractivity contribution < 1.29 is 19.1 Å². The van der Waals surface area contributed by atoms with Gasteiger partial charge in [0.15, 0.2) is 17.8 Å². The number of fused-ring (bicyclic) bond motifs is 1. The maximum Gasteiger partial charge on any atom is 0.261 e. The monoisotopic (exact) mass is 561 g/mol. The zero-order chi connectivity index (χ0) is 27.9. The van der Waals surface area contributed by atoms with Gasteiger partial charge in [-0.15, -0.1) is 0 Å². The Morgan fingerprint density at radius 2 is 2.02 bits per heavy atom. The number of carbonyl (C=O) groups is 2. The summed E-state index contributed by atoms with van der Waals surface area (Å²) in [6.07, 6.45) is 5.17. The van der Waals surface area contributed by atoms with Gasteiger partial charge in [0.2, 0.25) is 11.8 Å². The first-order valence-electron chi connectivity index (χ1n) is 13.1. The molecule has 1 N–H and O–H groups in total. The largest absolute Gasteiger partial charge is 0.484 e. The number of hydrogen-bond donors (Lipinski definition) is 1. The minimum atomic E-state index is -0.266. The topological polar surface area (TPSA) is 124 Å². The number of aromatic nitrogens is 5. The van der Waals surface area contributed by atoms with Crippen molar-refractivity contribution in [2.45, 2.75) is 38.8 Å². The van der Waals surface area contributed by atoms with Crippen LogP contribution in [0, 0.1) is 6.92 Å². The number of piperazine rings is 1. The Balaban J connectivity index is 1.32. The van der Waals surface area contributed by atoms with Gasteiger partial charge in [0.25, 0.3) is 5.91 Å². The molecule has 2 aliphatic rings. The van der Waals surface area contributed by atoms with Crippen LogP contribution in [0.3, 0.4) is 0 Å². The summed E-state index contributed by atoms with van der Waals surface area (Å²) in [6, 6.07) is 9.15. The number of nitrogens with zero attached hydrogens (tertiary/aromatic N) is 6. The van der Waals surface area contributed by atoms with Crippen LogP contribution < -0.4 is 14.8 Å². The highest BCUT2D eigenvalue weighted by atomic mass is 35.5. The minimum absolute atomic E-state index is 0.0294. The molecule has 6 rings (SSSR count). The first kappa shape index (κ1) is 26.0. The summed E-state index contributed by atoms with van der Waals surface area (Å²) in [4.78, 5) is 43.9. The third kappa shape index (κ3) is 5.42. The Hall–Kier alpha value is -4.25. The van der Waals surface area contributed by atoms with Gasteiger partial charge in [-0.1, -0.05) is 11.6 Å². The molecule has 3 aromatic heterocycles. The minimum Gasteiger partial charge on any atom is -0.484 e. The standard InChI is InChI=1S/C28H28ClN7O4/c1-17-5-8-30-18(11-17)13-36-25(34-24-26(36)32-16-33-27(24)40-28(2)6-7-28)20-4-3-19(12-21(20)29)39-15-23(38)35-10-9-31-22(37)14-35/h3-5,8,11-12,16H,6-7,9-10,13-15H2,1-2H3,(H,31,37). The number of benzene rings is 1. The van der Waals surface area contributed by atoms with E-state index in [0.717, 1.165) is 24.1 Å². The zero-order valence-electron chi connectivity index (χ0n) is 22.2. The Morgan fingerprint density at radius 1 is 1.18 bits per heavy atom. The van der Waals surface area contributed by atoms with E-state index in [0.29, 0.717) is 58.8 Å². The fourth-order valence-corrected chi connectivity index (χ4v) is 4.81. The number of amides is 2. The summed E-state index contributed by atoms with van der Waals surface area (Å²) in [5.74, 6) is 0.995. The summed E-state index contributed by atoms with van der Waals surface area (Å²) >= 11 is 6.77. The Labute approximate surface area is 235 Å². The highest BCUT2D eigenvalue weighted by molar-refractivity contribution is 6.33. The Bertz CT molecular complexity index is 1620. The molecule has 1 aromatic carbocycles. The van der Waals surface area contributed by atoms with Crippen molar-refractivity contribution in [3.8, 4) is 23.0 Å². The van der Waals surface area contributed by atoms with Crippen molar-refractivity contribution in [3.63, 3.8) is 0 Å². The second-order valence-corrected chi connectivity index (χ2v) is 10.8. The molecule has 1 aliphatic heterocycles. The van der Waals surface area contributed by atoms with E-state index in [4.69, 9.17) is 26.1 Å². The van der Waals surface area contributed by atoms with Crippen molar-refractivity contribution in [1.29, 1.82) is 0 Å². The Morgan fingerprint density at radius 3 is 2.77 bits per heavy atom. The number of imidazole rings is 1. The predicted octanol–water partition coefficient (Wildman–Crippen LogP) is 3.17. The second-order valence-electron chi connectivity index (χ2n) is 10.3. The number of halogens is 1. The lowest BCUT2D eigenvalue weighted by atomic mass is 10.2. The molecule has 2 amide bonds. The molecular formula is C28H28ClN7O4. The number of aryl methyl sites for hydroxylation is 1. The lowest BCUT2D eigenvalue weighted by molar-refractivity contribution is -0.139. The Kier molecular flexibility index (Phi) is 6.75. The van der Waals surface area contributed by atoms with Gasteiger partial charge in [-0.25, -0.2) is 9.97 Å².